The Labute approximate surface area is 150 Å². The molecule has 1 aliphatic carbocycles. The predicted octanol–water partition coefficient (Wildman–Crippen LogP) is 3.53. The smallest absolute Gasteiger partial charge is 0.223 e. The maximum atomic E-state index is 6.13. The first-order valence-corrected chi connectivity index (χ1v) is 8.78. The zero-order chi connectivity index (χ0) is 17.7. The van der Waals surface area contributed by atoms with Crippen LogP contribution in [0.2, 0.25) is 0 Å². The standard InChI is InChI=1S/C20H19N5O/c1-26-16-9-5-8-15-17(16)22-20(21)25-19(15)23-18(24-25)14-10-13(11-14)12-6-3-2-4-7-12/h2-9,13-14H,10-11H2,1H3,(H2,21,22)/t13-,14-. The normalized spacial score (nSPS) is 19.6. The number of aromatic nitrogens is 4. The SMILES string of the molecule is COc1cccc2c1nc(N)n1nc([C@H]3C[C@H](c4ccccc4)C3)nc21. The highest BCUT2D eigenvalue weighted by atomic mass is 16.5. The minimum absolute atomic E-state index is 0.328. The Morgan fingerprint density at radius 1 is 1.00 bits per heavy atom. The largest absolute Gasteiger partial charge is 0.494 e. The van der Waals surface area contributed by atoms with Gasteiger partial charge in [-0.05, 0) is 36.5 Å². The van der Waals surface area contributed by atoms with Crippen LogP contribution in [-0.2, 0) is 0 Å². The second-order valence-corrected chi connectivity index (χ2v) is 6.81. The van der Waals surface area contributed by atoms with Crippen LogP contribution < -0.4 is 10.5 Å². The molecule has 0 atom stereocenters. The molecule has 0 radical (unpaired) electrons. The molecule has 4 aromatic rings. The zero-order valence-electron chi connectivity index (χ0n) is 14.5. The summed E-state index contributed by atoms with van der Waals surface area (Å²) in [7, 11) is 1.63. The van der Waals surface area contributed by atoms with Crippen LogP contribution in [0.3, 0.4) is 0 Å². The fourth-order valence-electron chi connectivity index (χ4n) is 3.81. The summed E-state index contributed by atoms with van der Waals surface area (Å²) in [6, 6.07) is 16.4. The molecule has 26 heavy (non-hydrogen) atoms. The quantitative estimate of drug-likeness (QED) is 0.614. The van der Waals surface area contributed by atoms with E-state index in [4.69, 9.17) is 15.5 Å². The molecule has 0 unspecified atom stereocenters. The lowest BCUT2D eigenvalue weighted by atomic mass is 9.71. The van der Waals surface area contributed by atoms with Crippen molar-refractivity contribution in [3.05, 3.63) is 59.9 Å². The van der Waals surface area contributed by atoms with Crippen LogP contribution in [0.4, 0.5) is 5.95 Å². The Morgan fingerprint density at radius 3 is 2.58 bits per heavy atom. The number of nitrogens with zero attached hydrogens (tertiary/aromatic N) is 4. The third kappa shape index (κ3) is 2.22. The highest BCUT2D eigenvalue weighted by Gasteiger charge is 2.34. The van der Waals surface area contributed by atoms with Crippen LogP contribution in [0.25, 0.3) is 16.6 Å². The van der Waals surface area contributed by atoms with Gasteiger partial charge in [0.2, 0.25) is 5.95 Å². The fourth-order valence-corrected chi connectivity index (χ4v) is 3.81. The number of hydrogen-bond acceptors (Lipinski definition) is 5. The number of nitrogen functional groups attached to an aromatic ring is 1. The number of anilines is 1. The average Bonchev–Trinajstić information content (AvgIpc) is 3.07. The Balaban J connectivity index is 1.53. The number of hydrogen-bond donors (Lipinski definition) is 1. The maximum Gasteiger partial charge on any atom is 0.223 e. The Hall–Kier alpha value is -3.15. The third-order valence-electron chi connectivity index (χ3n) is 5.30. The molecule has 2 aromatic heterocycles. The summed E-state index contributed by atoms with van der Waals surface area (Å²) < 4.78 is 7.05. The number of methoxy groups -OCH3 is 1. The van der Waals surface area contributed by atoms with E-state index in [9.17, 15) is 0 Å². The molecule has 2 N–H and O–H groups in total. The summed E-state index contributed by atoms with van der Waals surface area (Å²) in [6.45, 7) is 0. The molecule has 0 aliphatic heterocycles. The first-order chi connectivity index (χ1) is 12.7. The highest BCUT2D eigenvalue weighted by molar-refractivity contribution is 5.95. The molecule has 1 fully saturated rings. The molecule has 0 amide bonds. The first-order valence-electron chi connectivity index (χ1n) is 8.78. The lowest BCUT2D eigenvalue weighted by Gasteiger charge is -2.33. The summed E-state index contributed by atoms with van der Waals surface area (Å²) in [5.41, 5.74) is 8.98. The number of ether oxygens (including phenoxy) is 1. The summed E-state index contributed by atoms with van der Waals surface area (Å²) in [5, 5.41) is 5.54. The van der Waals surface area contributed by atoms with Crippen LogP contribution in [0, 0.1) is 0 Å². The van der Waals surface area contributed by atoms with E-state index in [1.165, 1.54) is 5.56 Å². The molecule has 0 saturated heterocycles. The second-order valence-electron chi connectivity index (χ2n) is 6.81. The predicted molar refractivity (Wildman–Crippen MR) is 100 cm³/mol. The van der Waals surface area contributed by atoms with Crippen molar-refractivity contribution in [1.29, 1.82) is 0 Å². The number of benzene rings is 2. The van der Waals surface area contributed by atoms with Gasteiger partial charge in [-0.1, -0.05) is 36.4 Å². The monoisotopic (exact) mass is 345 g/mol. The second kappa shape index (κ2) is 5.69. The Morgan fingerprint density at radius 2 is 1.81 bits per heavy atom. The van der Waals surface area contributed by atoms with Gasteiger partial charge >= 0.3 is 0 Å². The van der Waals surface area contributed by atoms with Gasteiger partial charge in [0.25, 0.3) is 0 Å². The zero-order valence-corrected chi connectivity index (χ0v) is 14.5. The van der Waals surface area contributed by atoms with Gasteiger partial charge in [0.05, 0.1) is 7.11 Å². The van der Waals surface area contributed by atoms with Crippen molar-refractivity contribution in [2.24, 2.45) is 0 Å². The molecule has 1 aliphatic rings. The fraction of sp³-hybridized carbons (Fsp3) is 0.250. The maximum absolute atomic E-state index is 6.13. The van der Waals surface area contributed by atoms with Crippen LogP contribution in [0.5, 0.6) is 5.75 Å². The van der Waals surface area contributed by atoms with Gasteiger partial charge in [-0.15, -0.1) is 5.10 Å². The van der Waals surface area contributed by atoms with Crippen LogP contribution in [0.15, 0.2) is 48.5 Å². The molecular weight excluding hydrogens is 326 g/mol. The van der Waals surface area contributed by atoms with E-state index >= 15 is 0 Å². The van der Waals surface area contributed by atoms with Gasteiger partial charge in [-0.2, -0.15) is 4.52 Å². The molecular formula is C20H19N5O. The lowest BCUT2D eigenvalue weighted by molar-refractivity contribution is 0.338. The molecule has 2 aromatic carbocycles. The topological polar surface area (TPSA) is 78.3 Å². The summed E-state index contributed by atoms with van der Waals surface area (Å²) in [6.07, 6.45) is 2.13. The van der Waals surface area contributed by atoms with Crippen molar-refractivity contribution in [1.82, 2.24) is 19.6 Å². The van der Waals surface area contributed by atoms with E-state index < -0.39 is 0 Å². The van der Waals surface area contributed by atoms with Crippen LogP contribution in [0.1, 0.15) is 36.1 Å². The number of nitrogens with two attached hydrogens (primary N) is 1. The van der Waals surface area contributed by atoms with Crippen LogP contribution >= 0.6 is 0 Å². The minimum atomic E-state index is 0.328. The highest BCUT2D eigenvalue weighted by Crippen LogP contribution is 2.46. The summed E-state index contributed by atoms with van der Waals surface area (Å²) >= 11 is 0. The molecule has 2 heterocycles. The molecule has 6 nitrogen and oxygen atoms in total. The number of rotatable bonds is 3. The van der Waals surface area contributed by atoms with Gasteiger partial charge in [-0.25, -0.2) is 9.97 Å². The van der Waals surface area contributed by atoms with Crippen molar-refractivity contribution >= 4 is 22.5 Å². The third-order valence-corrected chi connectivity index (χ3v) is 5.30. The minimum Gasteiger partial charge on any atom is -0.494 e. The van der Waals surface area contributed by atoms with Crippen molar-refractivity contribution in [3.8, 4) is 5.75 Å². The first kappa shape index (κ1) is 15.1. The van der Waals surface area contributed by atoms with Crippen molar-refractivity contribution < 1.29 is 4.74 Å². The van der Waals surface area contributed by atoms with Gasteiger partial charge in [0.1, 0.15) is 11.3 Å². The van der Waals surface area contributed by atoms with E-state index in [1.807, 2.05) is 18.2 Å². The van der Waals surface area contributed by atoms with E-state index in [0.29, 0.717) is 23.5 Å². The summed E-state index contributed by atoms with van der Waals surface area (Å²) in [4.78, 5) is 9.27. The van der Waals surface area contributed by atoms with E-state index in [-0.39, 0.29) is 0 Å². The number of para-hydroxylation sites is 1. The molecule has 5 rings (SSSR count). The van der Waals surface area contributed by atoms with E-state index in [1.54, 1.807) is 11.6 Å². The van der Waals surface area contributed by atoms with Gasteiger partial charge in [-0.3, -0.25) is 0 Å². The Kier molecular flexibility index (Phi) is 3.31. The van der Waals surface area contributed by atoms with E-state index in [0.717, 1.165) is 35.2 Å². The molecule has 0 bridgehead atoms. The molecule has 130 valence electrons. The van der Waals surface area contributed by atoms with Gasteiger partial charge < -0.3 is 10.5 Å². The van der Waals surface area contributed by atoms with Crippen LogP contribution in [-0.4, -0.2) is 26.7 Å². The van der Waals surface area contributed by atoms with Crippen molar-refractivity contribution in [3.63, 3.8) is 0 Å². The molecule has 0 spiro atoms. The molecule has 1 saturated carbocycles. The number of fused-ring (bicyclic) bond motifs is 3. The van der Waals surface area contributed by atoms with Crippen molar-refractivity contribution in [2.75, 3.05) is 12.8 Å². The lowest BCUT2D eigenvalue weighted by Crippen LogP contribution is -2.21. The van der Waals surface area contributed by atoms with Gasteiger partial charge in [0, 0.05) is 11.3 Å². The molecule has 6 heteroatoms. The Bertz CT molecular complexity index is 1100. The van der Waals surface area contributed by atoms with Gasteiger partial charge in [0.15, 0.2) is 11.5 Å². The summed E-state index contributed by atoms with van der Waals surface area (Å²) in [5.74, 6) is 2.81. The van der Waals surface area contributed by atoms with Crippen molar-refractivity contribution in [2.45, 2.75) is 24.7 Å². The van der Waals surface area contributed by atoms with E-state index in [2.05, 4.69) is 40.4 Å². The average molecular weight is 345 g/mol.